The molecule has 3 aromatic carbocycles. The van der Waals surface area contributed by atoms with E-state index in [-0.39, 0.29) is 0 Å². The minimum atomic E-state index is 0.367. The monoisotopic (exact) mass is 394 g/mol. The predicted octanol–water partition coefficient (Wildman–Crippen LogP) is 5.93. The van der Waals surface area contributed by atoms with Gasteiger partial charge in [0.2, 0.25) is 0 Å². The van der Waals surface area contributed by atoms with Crippen molar-refractivity contribution in [1.82, 2.24) is 9.38 Å². The number of nitrogens with zero attached hydrogens (tertiary/aromatic N) is 3. The highest BCUT2D eigenvalue weighted by atomic mass is 35.5. The molecular weight excluding hydrogens is 380 g/mol. The van der Waals surface area contributed by atoms with Crippen LogP contribution in [0.2, 0.25) is 5.02 Å². The van der Waals surface area contributed by atoms with E-state index in [1.807, 2.05) is 77.2 Å². The van der Waals surface area contributed by atoms with Crippen LogP contribution in [0.5, 0.6) is 0 Å². The Labute approximate surface area is 172 Å². The third-order valence-electron chi connectivity index (χ3n) is 5.07. The molecule has 0 aliphatic carbocycles. The molecule has 0 atom stereocenters. The number of hydrogen-bond acceptors (Lipinski definition) is 3. The van der Waals surface area contributed by atoms with Gasteiger partial charge in [0.1, 0.15) is 23.1 Å². The molecule has 0 radical (unpaired) electrons. The highest BCUT2D eigenvalue weighted by molar-refractivity contribution is 6.31. The molecular formula is C24H15ClN4. The van der Waals surface area contributed by atoms with Crippen LogP contribution < -0.4 is 5.73 Å². The maximum Gasteiger partial charge on any atom is 0.147 e. The number of nitriles is 1. The first-order valence-electron chi connectivity index (χ1n) is 9.13. The second-order valence-electron chi connectivity index (χ2n) is 6.76. The average molecular weight is 395 g/mol. The van der Waals surface area contributed by atoms with Crippen molar-refractivity contribution in [2.75, 3.05) is 5.73 Å². The minimum absolute atomic E-state index is 0.367. The summed E-state index contributed by atoms with van der Waals surface area (Å²) in [7, 11) is 0. The number of nitrogens with two attached hydrogens (primary N) is 1. The number of benzene rings is 3. The van der Waals surface area contributed by atoms with Crippen LogP contribution in [0.25, 0.3) is 38.9 Å². The van der Waals surface area contributed by atoms with Crippen molar-refractivity contribution in [2.24, 2.45) is 0 Å². The Morgan fingerprint density at radius 3 is 2.17 bits per heavy atom. The van der Waals surface area contributed by atoms with Gasteiger partial charge in [-0.05, 0) is 12.1 Å². The Morgan fingerprint density at radius 2 is 1.52 bits per heavy atom. The first-order valence-corrected chi connectivity index (χ1v) is 9.51. The number of fused-ring (bicyclic) bond motifs is 3. The van der Waals surface area contributed by atoms with Gasteiger partial charge in [0.15, 0.2) is 0 Å². The number of anilines is 1. The van der Waals surface area contributed by atoms with Crippen LogP contribution in [0, 0.1) is 11.3 Å². The van der Waals surface area contributed by atoms with Gasteiger partial charge in [-0.2, -0.15) is 5.26 Å². The Balaban J connectivity index is 2.04. The maximum atomic E-state index is 9.83. The fourth-order valence-electron chi connectivity index (χ4n) is 3.78. The van der Waals surface area contributed by atoms with Crippen LogP contribution in [0.1, 0.15) is 5.56 Å². The zero-order valence-corrected chi connectivity index (χ0v) is 16.1. The van der Waals surface area contributed by atoms with Gasteiger partial charge in [-0.3, -0.25) is 4.40 Å². The molecule has 4 nitrogen and oxygen atoms in total. The summed E-state index contributed by atoms with van der Waals surface area (Å²) in [5.41, 5.74) is 11.2. The molecule has 0 aliphatic rings. The van der Waals surface area contributed by atoms with Crippen molar-refractivity contribution < 1.29 is 0 Å². The van der Waals surface area contributed by atoms with E-state index in [9.17, 15) is 5.26 Å². The fraction of sp³-hybridized carbons (Fsp3) is 0. The van der Waals surface area contributed by atoms with Gasteiger partial charge in [0.25, 0.3) is 0 Å². The summed E-state index contributed by atoms with van der Waals surface area (Å²) in [5.74, 6) is 0.367. The second kappa shape index (κ2) is 6.66. The van der Waals surface area contributed by atoms with Gasteiger partial charge in [-0.25, -0.2) is 4.98 Å². The molecule has 5 rings (SSSR count). The lowest BCUT2D eigenvalue weighted by Crippen LogP contribution is -2.03. The van der Waals surface area contributed by atoms with Crippen LogP contribution in [0.3, 0.4) is 0 Å². The van der Waals surface area contributed by atoms with Crippen LogP contribution in [-0.4, -0.2) is 9.38 Å². The standard InChI is InChI=1S/C24H15ClN4/c25-17-11-12-18-19(13-17)24-28-21(15-7-3-1-4-8-15)22(16-9-5-2-6-10-16)29(24)23(27)20(18)14-26/h1-13H,27H2. The lowest BCUT2D eigenvalue weighted by molar-refractivity contribution is 1.21. The molecule has 5 heteroatoms. The Bertz CT molecular complexity index is 1410. The summed E-state index contributed by atoms with van der Waals surface area (Å²) < 4.78 is 1.87. The first kappa shape index (κ1) is 17.3. The number of halogens is 1. The zero-order chi connectivity index (χ0) is 20.0. The molecule has 0 saturated carbocycles. The van der Waals surface area contributed by atoms with Crippen LogP contribution in [-0.2, 0) is 0 Å². The number of pyridine rings is 1. The van der Waals surface area contributed by atoms with Crippen molar-refractivity contribution in [3.05, 3.63) is 89.4 Å². The topological polar surface area (TPSA) is 67.1 Å². The van der Waals surface area contributed by atoms with Crippen LogP contribution >= 0.6 is 11.6 Å². The van der Waals surface area contributed by atoms with Crippen LogP contribution in [0.4, 0.5) is 5.82 Å². The van der Waals surface area contributed by atoms with Gasteiger partial charge in [0.05, 0.1) is 11.4 Å². The van der Waals surface area contributed by atoms with E-state index in [2.05, 4.69) is 6.07 Å². The SMILES string of the molecule is N#Cc1c(N)n2c(-c3ccccc3)c(-c3ccccc3)nc2c2cc(Cl)ccc12. The van der Waals surface area contributed by atoms with Gasteiger partial charge < -0.3 is 5.73 Å². The van der Waals surface area contributed by atoms with Gasteiger partial charge >= 0.3 is 0 Å². The molecule has 0 saturated heterocycles. The molecule has 29 heavy (non-hydrogen) atoms. The molecule has 2 aromatic heterocycles. The van der Waals surface area contributed by atoms with E-state index in [1.165, 1.54) is 0 Å². The van der Waals surface area contributed by atoms with Crippen LogP contribution in [0.15, 0.2) is 78.9 Å². The number of hydrogen-bond donors (Lipinski definition) is 1. The second-order valence-corrected chi connectivity index (χ2v) is 7.20. The van der Waals surface area contributed by atoms with Crippen molar-refractivity contribution in [1.29, 1.82) is 5.26 Å². The molecule has 2 N–H and O–H groups in total. The minimum Gasteiger partial charge on any atom is -0.384 e. The van der Waals surface area contributed by atoms with Crippen molar-refractivity contribution >= 4 is 33.8 Å². The summed E-state index contributed by atoms with van der Waals surface area (Å²) in [6.45, 7) is 0. The van der Waals surface area contributed by atoms with E-state index in [1.54, 1.807) is 6.07 Å². The summed E-state index contributed by atoms with van der Waals surface area (Å²) in [4.78, 5) is 4.98. The first-order chi connectivity index (χ1) is 14.2. The van der Waals surface area contributed by atoms with Crippen molar-refractivity contribution in [2.45, 2.75) is 0 Å². The van der Waals surface area contributed by atoms with Crippen molar-refractivity contribution in [3.63, 3.8) is 0 Å². The molecule has 0 aliphatic heterocycles. The number of aromatic nitrogens is 2. The smallest absolute Gasteiger partial charge is 0.147 e. The third-order valence-corrected chi connectivity index (χ3v) is 5.31. The molecule has 138 valence electrons. The normalized spacial score (nSPS) is 11.0. The van der Waals surface area contributed by atoms with E-state index >= 15 is 0 Å². The van der Waals surface area contributed by atoms with Gasteiger partial charge in [0, 0.05) is 26.9 Å². The molecule has 0 amide bonds. The highest BCUT2D eigenvalue weighted by Gasteiger charge is 2.22. The average Bonchev–Trinajstić information content (AvgIpc) is 3.17. The highest BCUT2D eigenvalue weighted by Crippen LogP contribution is 2.39. The lowest BCUT2D eigenvalue weighted by Gasteiger charge is -2.12. The van der Waals surface area contributed by atoms with E-state index < -0.39 is 0 Å². The maximum absolute atomic E-state index is 9.83. The summed E-state index contributed by atoms with van der Waals surface area (Å²) in [6, 6.07) is 27.6. The molecule has 0 bridgehead atoms. The molecule has 5 aromatic rings. The Hall–Kier alpha value is -3.81. The largest absolute Gasteiger partial charge is 0.384 e. The predicted molar refractivity (Wildman–Crippen MR) is 118 cm³/mol. The Morgan fingerprint density at radius 1 is 0.862 bits per heavy atom. The quantitative estimate of drug-likeness (QED) is 0.403. The fourth-order valence-corrected chi connectivity index (χ4v) is 3.95. The summed E-state index contributed by atoms with van der Waals surface area (Å²) in [5, 5.41) is 12.0. The number of nitrogen functional groups attached to an aromatic ring is 1. The lowest BCUT2D eigenvalue weighted by atomic mass is 10.0. The molecule has 0 fully saturated rings. The number of rotatable bonds is 2. The molecule has 2 heterocycles. The summed E-state index contributed by atoms with van der Waals surface area (Å²) >= 11 is 6.28. The third kappa shape index (κ3) is 2.64. The summed E-state index contributed by atoms with van der Waals surface area (Å²) in [6.07, 6.45) is 0. The van der Waals surface area contributed by atoms with E-state index in [0.717, 1.165) is 33.3 Å². The Kier molecular flexibility index (Phi) is 3.97. The van der Waals surface area contributed by atoms with E-state index in [4.69, 9.17) is 22.3 Å². The van der Waals surface area contributed by atoms with Gasteiger partial charge in [-0.15, -0.1) is 0 Å². The van der Waals surface area contributed by atoms with Gasteiger partial charge in [-0.1, -0.05) is 78.3 Å². The van der Waals surface area contributed by atoms with E-state index in [0.29, 0.717) is 22.1 Å². The number of imidazole rings is 1. The molecule has 0 unspecified atom stereocenters. The molecule has 0 spiro atoms. The zero-order valence-electron chi connectivity index (χ0n) is 15.3. The van der Waals surface area contributed by atoms with Crippen molar-refractivity contribution in [3.8, 4) is 28.6 Å².